The fourth-order valence-electron chi connectivity index (χ4n) is 4.90. The molecule has 204 valence electrons. The number of morpholine rings is 1. The Kier molecular flexibility index (Phi) is 9.79. The first-order chi connectivity index (χ1) is 18.5. The third-order valence-corrected chi connectivity index (χ3v) is 6.94. The maximum Gasteiger partial charge on any atom is 0.295 e. The quantitative estimate of drug-likeness (QED) is 0.191. The molecular formula is C30H38N2O6. The summed E-state index contributed by atoms with van der Waals surface area (Å²) in [6.45, 7) is 8.86. The zero-order valence-corrected chi connectivity index (χ0v) is 22.4. The normalized spacial score (nSPS) is 19.6. The number of hydrogen-bond donors (Lipinski definition) is 1. The lowest BCUT2D eigenvalue weighted by atomic mass is 9.95. The van der Waals surface area contributed by atoms with Crippen molar-refractivity contribution >= 4 is 17.4 Å². The molecule has 38 heavy (non-hydrogen) atoms. The van der Waals surface area contributed by atoms with E-state index >= 15 is 0 Å². The van der Waals surface area contributed by atoms with Crippen LogP contribution in [0.3, 0.4) is 0 Å². The van der Waals surface area contributed by atoms with Gasteiger partial charge in [-0.3, -0.25) is 14.5 Å². The maximum atomic E-state index is 13.3. The van der Waals surface area contributed by atoms with Crippen LogP contribution < -0.4 is 9.47 Å². The number of carbonyl (C=O) groups excluding carboxylic acids is 2. The van der Waals surface area contributed by atoms with Crippen molar-refractivity contribution in [3.05, 3.63) is 65.2 Å². The lowest BCUT2D eigenvalue weighted by molar-refractivity contribution is -0.140. The lowest BCUT2D eigenvalue weighted by Gasteiger charge is -2.31. The van der Waals surface area contributed by atoms with Crippen LogP contribution in [0.2, 0.25) is 0 Å². The average Bonchev–Trinajstić information content (AvgIpc) is 3.20. The van der Waals surface area contributed by atoms with Crippen LogP contribution in [-0.4, -0.2) is 79.2 Å². The number of likely N-dealkylation sites (tertiary alicyclic amines) is 1. The Morgan fingerprint density at radius 3 is 2.45 bits per heavy atom. The number of nitrogens with zero attached hydrogens (tertiary/aromatic N) is 2. The van der Waals surface area contributed by atoms with Gasteiger partial charge in [0.25, 0.3) is 11.7 Å². The highest BCUT2D eigenvalue weighted by Gasteiger charge is 2.46. The zero-order chi connectivity index (χ0) is 26.9. The van der Waals surface area contributed by atoms with E-state index in [1.165, 1.54) is 0 Å². The van der Waals surface area contributed by atoms with Gasteiger partial charge in [0.05, 0.1) is 38.0 Å². The summed E-state index contributed by atoms with van der Waals surface area (Å²) in [5.74, 6) is -0.296. The van der Waals surface area contributed by atoms with Crippen LogP contribution in [0.5, 0.6) is 11.5 Å². The van der Waals surface area contributed by atoms with Crippen molar-refractivity contribution in [2.45, 2.75) is 39.2 Å². The van der Waals surface area contributed by atoms with E-state index in [1.807, 2.05) is 31.2 Å². The second-order valence-corrected chi connectivity index (χ2v) is 9.51. The second-order valence-electron chi connectivity index (χ2n) is 9.51. The average molecular weight is 523 g/mol. The third kappa shape index (κ3) is 6.37. The first-order valence-corrected chi connectivity index (χ1v) is 13.6. The summed E-state index contributed by atoms with van der Waals surface area (Å²) >= 11 is 0. The molecule has 2 aliphatic rings. The number of hydrogen-bond acceptors (Lipinski definition) is 7. The zero-order valence-electron chi connectivity index (χ0n) is 22.4. The molecule has 1 amide bonds. The van der Waals surface area contributed by atoms with E-state index in [4.69, 9.17) is 14.2 Å². The summed E-state index contributed by atoms with van der Waals surface area (Å²) in [6, 6.07) is 13.6. The number of aliphatic hydroxyl groups is 1. The van der Waals surface area contributed by atoms with Crippen molar-refractivity contribution in [1.82, 2.24) is 9.80 Å². The van der Waals surface area contributed by atoms with Crippen molar-refractivity contribution in [3.63, 3.8) is 0 Å². The van der Waals surface area contributed by atoms with E-state index in [0.29, 0.717) is 62.1 Å². The van der Waals surface area contributed by atoms with E-state index in [-0.39, 0.29) is 11.3 Å². The van der Waals surface area contributed by atoms with E-state index in [2.05, 4.69) is 11.8 Å². The molecule has 1 atom stereocenters. The molecule has 0 bridgehead atoms. The van der Waals surface area contributed by atoms with Crippen LogP contribution in [0.4, 0.5) is 0 Å². The summed E-state index contributed by atoms with van der Waals surface area (Å²) in [6.07, 6.45) is 3.13. The summed E-state index contributed by atoms with van der Waals surface area (Å²) in [5, 5.41) is 11.3. The summed E-state index contributed by atoms with van der Waals surface area (Å²) in [4.78, 5) is 30.5. The monoisotopic (exact) mass is 522 g/mol. The van der Waals surface area contributed by atoms with Gasteiger partial charge >= 0.3 is 0 Å². The Morgan fingerprint density at radius 1 is 0.974 bits per heavy atom. The Balaban J connectivity index is 1.71. The van der Waals surface area contributed by atoms with Crippen LogP contribution in [0, 0.1) is 0 Å². The number of unbranched alkanes of at least 4 members (excludes halogenated alkanes) is 2. The number of rotatable bonds is 12. The topological polar surface area (TPSA) is 88.5 Å². The fourth-order valence-corrected chi connectivity index (χ4v) is 4.90. The van der Waals surface area contributed by atoms with Gasteiger partial charge in [-0.25, -0.2) is 0 Å². The van der Waals surface area contributed by atoms with Crippen molar-refractivity contribution in [2.75, 3.05) is 52.6 Å². The Hall–Kier alpha value is -3.36. The molecule has 2 fully saturated rings. The van der Waals surface area contributed by atoms with Crippen molar-refractivity contribution in [3.8, 4) is 11.5 Å². The first kappa shape index (κ1) is 27.7. The van der Waals surface area contributed by atoms with E-state index < -0.39 is 17.7 Å². The summed E-state index contributed by atoms with van der Waals surface area (Å²) in [5.41, 5.74) is 1.26. The molecule has 4 rings (SSSR count). The van der Waals surface area contributed by atoms with Gasteiger partial charge in [0.1, 0.15) is 5.76 Å². The fraction of sp³-hybridized carbons (Fsp3) is 0.467. The molecule has 0 aromatic heterocycles. The molecule has 0 saturated carbocycles. The Bertz CT molecular complexity index is 1130. The standard InChI is InChI=1S/C30H38N2O6/c1-3-5-9-18-38-24-13-12-23(21-25(24)37-4-2)27-26(28(33)22-10-7-6-8-11-22)29(34)30(35)32(27)15-14-31-16-19-36-20-17-31/h6-8,10-13,21,27,33H,3-5,9,14-20H2,1-2H3. The molecule has 0 aliphatic carbocycles. The minimum atomic E-state index is -0.746. The molecule has 0 spiro atoms. The minimum Gasteiger partial charge on any atom is -0.507 e. The molecule has 2 aliphatic heterocycles. The van der Waals surface area contributed by atoms with Gasteiger partial charge in [0, 0.05) is 31.7 Å². The SMILES string of the molecule is CCCCCOc1ccc(C2C(=C(O)c3ccccc3)C(=O)C(=O)N2CCN2CCOCC2)cc1OCC. The smallest absolute Gasteiger partial charge is 0.295 e. The van der Waals surface area contributed by atoms with Crippen molar-refractivity contribution in [1.29, 1.82) is 0 Å². The number of ether oxygens (including phenoxy) is 3. The van der Waals surface area contributed by atoms with E-state index in [1.54, 1.807) is 29.2 Å². The molecule has 0 radical (unpaired) electrons. The highest BCUT2D eigenvalue weighted by atomic mass is 16.5. The van der Waals surface area contributed by atoms with Crippen LogP contribution in [0.1, 0.15) is 50.3 Å². The van der Waals surface area contributed by atoms with Crippen molar-refractivity contribution in [2.24, 2.45) is 0 Å². The predicted octanol–water partition coefficient (Wildman–Crippen LogP) is 4.41. The van der Waals surface area contributed by atoms with E-state index in [0.717, 1.165) is 32.4 Å². The first-order valence-electron chi connectivity index (χ1n) is 13.6. The number of benzene rings is 2. The van der Waals surface area contributed by atoms with Gasteiger partial charge in [-0.2, -0.15) is 0 Å². The highest BCUT2D eigenvalue weighted by Crippen LogP contribution is 2.42. The highest BCUT2D eigenvalue weighted by molar-refractivity contribution is 6.46. The van der Waals surface area contributed by atoms with Gasteiger partial charge in [0.2, 0.25) is 0 Å². The number of amides is 1. The molecule has 2 heterocycles. The van der Waals surface area contributed by atoms with Crippen LogP contribution in [-0.2, 0) is 14.3 Å². The van der Waals surface area contributed by atoms with Gasteiger partial charge in [-0.15, -0.1) is 0 Å². The van der Waals surface area contributed by atoms with E-state index in [9.17, 15) is 14.7 Å². The van der Waals surface area contributed by atoms with Crippen molar-refractivity contribution < 1.29 is 28.9 Å². The van der Waals surface area contributed by atoms with Gasteiger partial charge in [-0.1, -0.05) is 56.2 Å². The molecule has 1 N–H and O–H groups in total. The van der Waals surface area contributed by atoms with Gasteiger partial charge in [0.15, 0.2) is 11.5 Å². The summed E-state index contributed by atoms with van der Waals surface area (Å²) in [7, 11) is 0. The second kappa shape index (κ2) is 13.4. The number of carbonyl (C=O) groups is 2. The largest absolute Gasteiger partial charge is 0.507 e. The predicted molar refractivity (Wildman–Crippen MR) is 145 cm³/mol. The molecule has 2 aromatic carbocycles. The lowest BCUT2D eigenvalue weighted by Crippen LogP contribution is -2.42. The van der Waals surface area contributed by atoms with Gasteiger partial charge < -0.3 is 24.2 Å². The number of Topliss-reactive ketones (excluding diaryl/α,β-unsaturated/α-hetero) is 1. The maximum absolute atomic E-state index is 13.3. The number of ketones is 1. The molecular weight excluding hydrogens is 484 g/mol. The molecule has 8 nitrogen and oxygen atoms in total. The van der Waals surface area contributed by atoms with Crippen LogP contribution in [0.25, 0.3) is 5.76 Å². The Morgan fingerprint density at radius 2 is 1.74 bits per heavy atom. The van der Waals surface area contributed by atoms with Crippen LogP contribution >= 0.6 is 0 Å². The molecule has 2 saturated heterocycles. The third-order valence-electron chi connectivity index (χ3n) is 6.94. The molecule has 1 unspecified atom stereocenters. The van der Waals surface area contributed by atoms with Crippen LogP contribution in [0.15, 0.2) is 54.1 Å². The summed E-state index contributed by atoms with van der Waals surface area (Å²) < 4.78 is 17.3. The molecule has 8 heteroatoms. The number of aliphatic hydroxyl groups excluding tert-OH is 1. The molecule has 2 aromatic rings. The minimum absolute atomic E-state index is 0.0854. The van der Waals surface area contributed by atoms with Gasteiger partial charge in [-0.05, 0) is 31.0 Å². The Labute approximate surface area is 224 Å².